The van der Waals surface area contributed by atoms with Crippen LogP contribution in [0.2, 0.25) is 0 Å². The number of carboxylic acid groups (broad SMARTS) is 1. The molecule has 2 aromatic carbocycles. The van der Waals surface area contributed by atoms with E-state index < -0.39 is 12.0 Å². The van der Waals surface area contributed by atoms with Gasteiger partial charge >= 0.3 is 0 Å². The van der Waals surface area contributed by atoms with Crippen LogP contribution < -0.4 is 15.2 Å². The maximum atomic E-state index is 11.0. The molecule has 3 rings (SSSR count). The zero-order chi connectivity index (χ0) is 17.8. The van der Waals surface area contributed by atoms with E-state index in [0.29, 0.717) is 23.7 Å². The molecule has 0 spiro atoms. The summed E-state index contributed by atoms with van der Waals surface area (Å²) in [7, 11) is 0. The van der Waals surface area contributed by atoms with Crippen molar-refractivity contribution in [2.75, 3.05) is 5.75 Å². The Morgan fingerprint density at radius 2 is 2.20 bits per heavy atom. The summed E-state index contributed by atoms with van der Waals surface area (Å²) >= 11 is 5.09. The van der Waals surface area contributed by atoms with E-state index in [1.54, 1.807) is 17.8 Å². The van der Waals surface area contributed by atoms with Crippen LogP contribution in [0.25, 0.3) is 0 Å². The van der Waals surface area contributed by atoms with Crippen molar-refractivity contribution >= 4 is 33.7 Å². The van der Waals surface area contributed by atoms with Gasteiger partial charge in [0.05, 0.1) is 21.9 Å². The lowest BCUT2D eigenvalue weighted by molar-refractivity contribution is -0.690. The maximum absolute atomic E-state index is 11.0. The second kappa shape index (κ2) is 7.91. The molecule has 0 aromatic heterocycles. The van der Waals surface area contributed by atoms with E-state index in [1.807, 2.05) is 41.7 Å². The number of halogens is 1. The van der Waals surface area contributed by atoms with E-state index in [0.717, 1.165) is 15.6 Å². The number of nitrogens with two attached hydrogens (primary N) is 1. The third-order valence-electron chi connectivity index (χ3n) is 3.97. The number of benzene rings is 2. The fourth-order valence-electron chi connectivity index (χ4n) is 2.61. The van der Waals surface area contributed by atoms with E-state index in [4.69, 9.17) is 10.00 Å². The highest BCUT2D eigenvalue weighted by atomic mass is 79.9. The minimum absolute atomic E-state index is 0.0348. The molecule has 0 bridgehead atoms. The van der Waals surface area contributed by atoms with Gasteiger partial charge in [0.1, 0.15) is 24.4 Å². The van der Waals surface area contributed by atoms with Gasteiger partial charge in [-0.25, -0.2) is 0 Å². The van der Waals surface area contributed by atoms with Crippen LogP contribution >= 0.6 is 27.7 Å². The number of carboxylic acids is 1. The van der Waals surface area contributed by atoms with Crippen molar-refractivity contribution in [1.82, 2.24) is 0 Å². The first-order valence-electron chi connectivity index (χ1n) is 7.66. The van der Waals surface area contributed by atoms with E-state index in [1.165, 1.54) is 0 Å². The Kier molecular flexibility index (Phi) is 5.63. The van der Waals surface area contributed by atoms with Crippen LogP contribution in [-0.4, -0.2) is 17.8 Å². The van der Waals surface area contributed by atoms with Crippen LogP contribution in [0.5, 0.6) is 5.75 Å². The standard InChI is InChI=1S/C18H15BrN2O3S/c19-14-7-11(17-21-15(10-25-17)18(22)23)5-6-16(14)24-9-13-4-2-1-3-12(13)8-20/h1-7,15,17,21H,9-10H2,(H,22,23). The summed E-state index contributed by atoms with van der Waals surface area (Å²) in [5.41, 5.74) is 2.45. The van der Waals surface area contributed by atoms with E-state index in [2.05, 4.69) is 22.0 Å². The van der Waals surface area contributed by atoms with E-state index in [-0.39, 0.29) is 5.37 Å². The average Bonchev–Trinajstić information content (AvgIpc) is 3.11. The Balaban J connectivity index is 1.68. The number of rotatable bonds is 5. The molecular formula is C18H15BrN2O3S. The molecule has 1 fully saturated rings. The number of thioether (sulfide) groups is 1. The summed E-state index contributed by atoms with van der Waals surface area (Å²) in [4.78, 5) is 11.0. The van der Waals surface area contributed by atoms with Crippen molar-refractivity contribution in [3.05, 3.63) is 63.6 Å². The van der Waals surface area contributed by atoms with Gasteiger partial charge in [-0.3, -0.25) is 0 Å². The Hall–Kier alpha value is -2.01. The maximum Gasteiger partial charge on any atom is 0.159 e. The van der Waals surface area contributed by atoms with Crippen molar-refractivity contribution in [2.45, 2.75) is 18.0 Å². The molecule has 128 valence electrons. The quantitative estimate of drug-likeness (QED) is 0.790. The molecule has 0 radical (unpaired) electrons. The first kappa shape index (κ1) is 17.8. The number of nitrogens with zero attached hydrogens (tertiary/aromatic N) is 1. The molecule has 1 aliphatic rings. The Morgan fingerprint density at radius 3 is 2.88 bits per heavy atom. The summed E-state index contributed by atoms with van der Waals surface area (Å²) in [6.07, 6.45) is 0. The number of quaternary nitrogens is 1. The van der Waals surface area contributed by atoms with Gasteiger partial charge in [0.25, 0.3) is 0 Å². The number of carbonyl (C=O) groups excluding carboxylic acids is 1. The molecule has 2 N–H and O–H groups in total. The Labute approximate surface area is 158 Å². The third kappa shape index (κ3) is 4.15. The molecule has 5 nitrogen and oxygen atoms in total. The Bertz CT molecular complexity index is 837. The topological polar surface area (TPSA) is 89.8 Å². The third-order valence-corrected chi connectivity index (χ3v) is 5.93. The predicted molar refractivity (Wildman–Crippen MR) is 95.6 cm³/mol. The lowest BCUT2D eigenvalue weighted by Gasteiger charge is -2.13. The van der Waals surface area contributed by atoms with Crippen molar-refractivity contribution in [3.63, 3.8) is 0 Å². The van der Waals surface area contributed by atoms with Gasteiger partial charge in [-0.05, 0) is 40.2 Å². The summed E-state index contributed by atoms with van der Waals surface area (Å²) in [6, 6.07) is 14.7. The van der Waals surface area contributed by atoms with Gasteiger partial charge in [0.2, 0.25) is 0 Å². The molecule has 0 amide bonds. The minimum atomic E-state index is -1.02. The number of hydrogen-bond donors (Lipinski definition) is 1. The molecular weight excluding hydrogens is 404 g/mol. The van der Waals surface area contributed by atoms with Crippen molar-refractivity contribution in [3.8, 4) is 11.8 Å². The van der Waals surface area contributed by atoms with Crippen LogP contribution in [0.15, 0.2) is 46.9 Å². The molecule has 2 unspecified atom stereocenters. The second-order valence-corrected chi connectivity index (χ2v) is 7.65. The smallest absolute Gasteiger partial charge is 0.159 e. The Morgan fingerprint density at radius 1 is 1.40 bits per heavy atom. The monoisotopic (exact) mass is 418 g/mol. The van der Waals surface area contributed by atoms with Crippen LogP contribution in [0.1, 0.15) is 22.1 Å². The molecule has 0 aliphatic carbocycles. The molecule has 1 aliphatic heterocycles. The lowest BCUT2D eigenvalue weighted by atomic mass is 10.1. The van der Waals surface area contributed by atoms with Crippen LogP contribution in [0.4, 0.5) is 0 Å². The molecule has 1 saturated heterocycles. The molecule has 1 heterocycles. The number of carbonyl (C=O) groups is 1. The number of hydrogen-bond acceptors (Lipinski definition) is 5. The predicted octanol–water partition coefficient (Wildman–Crippen LogP) is 1.33. The molecule has 7 heteroatoms. The molecule has 2 atom stereocenters. The number of nitriles is 1. The van der Waals surface area contributed by atoms with E-state index in [9.17, 15) is 9.90 Å². The average molecular weight is 419 g/mol. The van der Waals surface area contributed by atoms with Gasteiger partial charge in [0, 0.05) is 11.1 Å². The summed E-state index contributed by atoms with van der Waals surface area (Å²) in [6.45, 7) is 0.304. The highest BCUT2D eigenvalue weighted by Crippen LogP contribution is 2.33. The highest BCUT2D eigenvalue weighted by molar-refractivity contribution is 9.10. The van der Waals surface area contributed by atoms with Crippen LogP contribution in [0.3, 0.4) is 0 Å². The summed E-state index contributed by atoms with van der Waals surface area (Å²) < 4.78 is 6.62. The van der Waals surface area contributed by atoms with E-state index >= 15 is 0 Å². The zero-order valence-corrected chi connectivity index (χ0v) is 15.5. The number of ether oxygens (including phenoxy) is 1. The van der Waals surface area contributed by atoms with Gasteiger partial charge in [0.15, 0.2) is 5.37 Å². The van der Waals surface area contributed by atoms with Gasteiger partial charge < -0.3 is 20.0 Å². The van der Waals surface area contributed by atoms with Crippen LogP contribution in [-0.2, 0) is 11.4 Å². The fourth-order valence-corrected chi connectivity index (χ4v) is 4.42. The molecule has 25 heavy (non-hydrogen) atoms. The molecule has 2 aromatic rings. The van der Waals surface area contributed by atoms with Gasteiger partial charge in [-0.2, -0.15) is 5.26 Å². The normalized spacial score (nSPS) is 19.4. The zero-order valence-electron chi connectivity index (χ0n) is 13.1. The van der Waals surface area contributed by atoms with Gasteiger partial charge in [-0.1, -0.05) is 30.0 Å². The van der Waals surface area contributed by atoms with Crippen molar-refractivity contribution in [2.24, 2.45) is 0 Å². The number of aliphatic carboxylic acids is 1. The molecule has 0 saturated carbocycles. The fraction of sp³-hybridized carbons (Fsp3) is 0.222. The highest BCUT2D eigenvalue weighted by Gasteiger charge is 2.31. The van der Waals surface area contributed by atoms with Crippen LogP contribution in [0, 0.1) is 11.3 Å². The second-order valence-electron chi connectivity index (χ2n) is 5.62. The summed E-state index contributed by atoms with van der Waals surface area (Å²) in [5, 5.41) is 21.9. The largest absolute Gasteiger partial charge is 0.544 e. The SMILES string of the molecule is N#Cc1ccccc1COc1ccc(C2[NH2+]C(C(=O)[O-])CS2)cc1Br. The lowest BCUT2D eigenvalue weighted by Crippen LogP contribution is -2.90. The summed E-state index contributed by atoms with van der Waals surface area (Å²) in [5.74, 6) is 0.189. The van der Waals surface area contributed by atoms with Crippen molar-refractivity contribution < 1.29 is 20.0 Å². The first-order chi connectivity index (χ1) is 12.1. The minimum Gasteiger partial charge on any atom is -0.544 e. The van der Waals surface area contributed by atoms with Gasteiger partial charge in [-0.15, -0.1) is 0 Å². The first-order valence-corrected chi connectivity index (χ1v) is 9.50. The van der Waals surface area contributed by atoms with Crippen molar-refractivity contribution in [1.29, 1.82) is 5.26 Å².